The number of hydrogen-bond acceptors (Lipinski definition) is 3. The summed E-state index contributed by atoms with van der Waals surface area (Å²) in [6.45, 7) is 0.805. The molecule has 3 aromatic rings. The second kappa shape index (κ2) is 8.60. The van der Waals surface area contributed by atoms with Gasteiger partial charge in [0.2, 0.25) is 5.91 Å². The van der Waals surface area contributed by atoms with Gasteiger partial charge in [-0.15, -0.1) is 0 Å². The fourth-order valence-corrected chi connectivity index (χ4v) is 3.67. The van der Waals surface area contributed by atoms with E-state index in [1.807, 2.05) is 49.3 Å². The van der Waals surface area contributed by atoms with Gasteiger partial charge >= 0.3 is 0 Å². The molecule has 1 N–H and O–H groups in total. The third-order valence-electron chi connectivity index (χ3n) is 5.43. The fourth-order valence-electron chi connectivity index (χ4n) is 3.67. The zero-order chi connectivity index (χ0) is 22.0. The van der Waals surface area contributed by atoms with E-state index in [4.69, 9.17) is 0 Å². The van der Waals surface area contributed by atoms with E-state index in [0.29, 0.717) is 18.7 Å². The van der Waals surface area contributed by atoms with Crippen molar-refractivity contribution in [3.05, 3.63) is 94.8 Å². The van der Waals surface area contributed by atoms with Crippen LogP contribution in [0.4, 0.5) is 15.8 Å². The molecule has 1 aliphatic rings. The number of halogens is 1. The third-order valence-corrected chi connectivity index (χ3v) is 5.43. The molecule has 0 fully saturated rings. The van der Waals surface area contributed by atoms with Gasteiger partial charge in [-0.3, -0.25) is 9.59 Å². The molecular formula is C25H24FN3O2. The Kier molecular flexibility index (Phi) is 5.71. The van der Waals surface area contributed by atoms with Crippen molar-refractivity contribution in [3.63, 3.8) is 0 Å². The number of amides is 2. The van der Waals surface area contributed by atoms with Crippen molar-refractivity contribution < 1.29 is 14.0 Å². The van der Waals surface area contributed by atoms with Crippen LogP contribution in [-0.4, -0.2) is 25.9 Å². The van der Waals surface area contributed by atoms with Crippen LogP contribution in [0.3, 0.4) is 0 Å². The van der Waals surface area contributed by atoms with Gasteiger partial charge in [-0.25, -0.2) is 4.39 Å². The third kappa shape index (κ3) is 4.58. The van der Waals surface area contributed by atoms with Gasteiger partial charge in [-0.2, -0.15) is 0 Å². The highest BCUT2D eigenvalue weighted by atomic mass is 19.1. The smallest absolute Gasteiger partial charge is 0.251 e. The van der Waals surface area contributed by atoms with Crippen LogP contribution < -0.4 is 15.1 Å². The number of benzene rings is 3. The molecule has 0 radical (unpaired) electrons. The molecule has 1 heterocycles. The van der Waals surface area contributed by atoms with Crippen LogP contribution >= 0.6 is 0 Å². The normalized spacial score (nSPS) is 12.6. The number of carbonyl (C=O) groups excluding carboxylic acids is 2. The lowest BCUT2D eigenvalue weighted by molar-refractivity contribution is -0.117. The van der Waals surface area contributed by atoms with E-state index in [9.17, 15) is 14.0 Å². The van der Waals surface area contributed by atoms with Crippen molar-refractivity contribution in [2.75, 3.05) is 23.9 Å². The van der Waals surface area contributed by atoms with Crippen LogP contribution in [-0.2, 0) is 24.3 Å². The number of nitrogens with zero attached hydrogens (tertiary/aromatic N) is 2. The minimum Gasteiger partial charge on any atom is -0.378 e. The van der Waals surface area contributed by atoms with Crippen molar-refractivity contribution in [1.29, 1.82) is 0 Å². The van der Waals surface area contributed by atoms with Crippen LogP contribution in [0.25, 0.3) is 0 Å². The summed E-state index contributed by atoms with van der Waals surface area (Å²) in [6, 6.07) is 19.5. The molecule has 0 spiro atoms. The van der Waals surface area contributed by atoms with Crippen molar-refractivity contribution in [2.45, 2.75) is 19.5 Å². The Labute approximate surface area is 181 Å². The molecule has 6 heteroatoms. The molecule has 0 atom stereocenters. The van der Waals surface area contributed by atoms with Crippen molar-refractivity contribution in [1.82, 2.24) is 5.32 Å². The molecule has 4 rings (SSSR count). The van der Waals surface area contributed by atoms with E-state index in [0.717, 1.165) is 28.1 Å². The molecule has 0 aliphatic carbocycles. The van der Waals surface area contributed by atoms with E-state index >= 15 is 0 Å². The second-order valence-electron chi connectivity index (χ2n) is 7.87. The molecule has 0 bridgehead atoms. The Morgan fingerprint density at radius 3 is 2.35 bits per heavy atom. The Balaban J connectivity index is 1.43. The van der Waals surface area contributed by atoms with Gasteiger partial charge in [0.25, 0.3) is 5.91 Å². The van der Waals surface area contributed by atoms with Gasteiger partial charge in [0, 0.05) is 37.6 Å². The Morgan fingerprint density at radius 2 is 1.68 bits per heavy atom. The minimum atomic E-state index is -0.304. The quantitative estimate of drug-likeness (QED) is 0.662. The highest BCUT2D eigenvalue weighted by molar-refractivity contribution is 6.03. The van der Waals surface area contributed by atoms with Gasteiger partial charge in [-0.1, -0.05) is 24.3 Å². The molecule has 0 unspecified atom stereocenters. The SMILES string of the molecule is CN(C)c1ccc(CNC(=O)c2ccc3c(c2)CC(=O)N3Cc2ccc(F)cc2)cc1. The van der Waals surface area contributed by atoms with Gasteiger partial charge in [0.1, 0.15) is 5.82 Å². The molecule has 158 valence electrons. The second-order valence-corrected chi connectivity index (χ2v) is 7.87. The van der Waals surface area contributed by atoms with E-state index in [2.05, 4.69) is 5.32 Å². The van der Waals surface area contributed by atoms with E-state index in [1.165, 1.54) is 12.1 Å². The van der Waals surface area contributed by atoms with Gasteiger partial charge in [0.15, 0.2) is 0 Å². The first kappa shape index (κ1) is 20.6. The molecule has 2 amide bonds. The summed E-state index contributed by atoms with van der Waals surface area (Å²) < 4.78 is 13.1. The molecule has 0 aromatic heterocycles. The molecule has 31 heavy (non-hydrogen) atoms. The van der Waals surface area contributed by atoms with Crippen LogP contribution in [0.5, 0.6) is 0 Å². The molecule has 0 saturated heterocycles. The summed E-state index contributed by atoms with van der Waals surface area (Å²) in [5.74, 6) is -0.511. The summed E-state index contributed by atoms with van der Waals surface area (Å²) in [5.41, 5.74) is 5.12. The van der Waals surface area contributed by atoms with Crippen LogP contribution in [0.2, 0.25) is 0 Å². The van der Waals surface area contributed by atoms with E-state index in [-0.39, 0.29) is 24.1 Å². The maximum absolute atomic E-state index is 13.1. The average molecular weight is 417 g/mol. The number of nitrogens with one attached hydrogen (secondary N) is 1. The zero-order valence-corrected chi connectivity index (χ0v) is 17.6. The average Bonchev–Trinajstić information content (AvgIpc) is 3.08. The Hall–Kier alpha value is -3.67. The zero-order valence-electron chi connectivity index (χ0n) is 17.6. The van der Waals surface area contributed by atoms with E-state index in [1.54, 1.807) is 29.2 Å². The predicted octanol–water partition coefficient (Wildman–Crippen LogP) is 3.91. The Bertz CT molecular complexity index is 1110. The van der Waals surface area contributed by atoms with E-state index < -0.39 is 0 Å². The predicted molar refractivity (Wildman–Crippen MR) is 120 cm³/mol. The number of anilines is 2. The fraction of sp³-hybridized carbons (Fsp3) is 0.200. The molecule has 0 saturated carbocycles. The Morgan fingerprint density at radius 1 is 1.00 bits per heavy atom. The topological polar surface area (TPSA) is 52.7 Å². The highest BCUT2D eigenvalue weighted by Crippen LogP contribution is 2.31. The summed E-state index contributed by atoms with van der Waals surface area (Å²) in [5, 5.41) is 2.94. The summed E-state index contributed by atoms with van der Waals surface area (Å²) in [6.07, 6.45) is 0.254. The monoisotopic (exact) mass is 417 g/mol. The largest absolute Gasteiger partial charge is 0.378 e. The molecule has 1 aliphatic heterocycles. The number of hydrogen-bond donors (Lipinski definition) is 1. The minimum absolute atomic E-state index is 0.0298. The lowest BCUT2D eigenvalue weighted by Crippen LogP contribution is -2.26. The lowest BCUT2D eigenvalue weighted by Gasteiger charge is -2.18. The van der Waals surface area contributed by atoms with Crippen LogP contribution in [0.15, 0.2) is 66.7 Å². The molecule has 5 nitrogen and oxygen atoms in total. The van der Waals surface area contributed by atoms with Gasteiger partial charge in [-0.05, 0) is 59.2 Å². The van der Waals surface area contributed by atoms with Gasteiger partial charge in [0.05, 0.1) is 13.0 Å². The summed E-state index contributed by atoms with van der Waals surface area (Å²) in [7, 11) is 3.96. The number of rotatable bonds is 6. The number of carbonyl (C=O) groups is 2. The first-order valence-corrected chi connectivity index (χ1v) is 10.1. The first-order valence-electron chi connectivity index (χ1n) is 10.1. The van der Waals surface area contributed by atoms with Crippen molar-refractivity contribution in [2.24, 2.45) is 0 Å². The van der Waals surface area contributed by atoms with Crippen molar-refractivity contribution in [3.8, 4) is 0 Å². The molecule has 3 aromatic carbocycles. The summed E-state index contributed by atoms with van der Waals surface area (Å²) >= 11 is 0. The van der Waals surface area contributed by atoms with Crippen LogP contribution in [0, 0.1) is 5.82 Å². The maximum Gasteiger partial charge on any atom is 0.251 e. The summed E-state index contributed by atoms with van der Waals surface area (Å²) in [4.78, 5) is 28.8. The first-order chi connectivity index (χ1) is 14.9. The maximum atomic E-state index is 13.1. The van der Waals surface area contributed by atoms with Gasteiger partial charge < -0.3 is 15.1 Å². The lowest BCUT2D eigenvalue weighted by atomic mass is 10.1. The van der Waals surface area contributed by atoms with Crippen molar-refractivity contribution >= 4 is 23.2 Å². The highest BCUT2D eigenvalue weighted by Gasteiger charge is 2.28. The standard InChI is InChI=1S/C25H24FN3O2/c1-28(2)22-10-5-17(6-11-22)15-27-25(31)19-7-12-23-20(13-19)14-24(30)29(23)16-18-3-8-21(26)9-4-18/h3-13H,14-16H2,1-2H3,(H,27,31). The van der Waals surface area contributed by atoms with Crippen LogP contribution in [0.1, 0.15) is 27.0 Å². The number of fused-ring (bicyclic) bond motifs is 1. The molecular weight excluding hydrogens is 393 g/mol.